The number of hydrogen-bond donors (Lipinski definition) is 1. The molecular weight excluding hydrogens is 366 g/mol. The summed E-state index contributed by atoms with van der Waals surface area (Å²) in [6, 6.07) is 18.5. The van der Waals surface area contributed by atoms with Gasteiger partial charge in [0.15, 0.2) is 0 Å². The summed E-state index contributed by atoms with van der Waals surface area (Å²) in [5.74, 6) is 0.245. The first-order chi connectivity index (χ1) is 14.2. The number of pyridine rings is 1. The number of carbonyl (C=O) groups is 2. The van der Waals surface area contributed by atoms with Crippen LogP contribution in [0.15, 0.2) is 66.9 Å². The Balaban J connectivity index is 1.49. The number of carbonyl (C=O) groups excluding carboxylic acids is 2. The van der Waals surface area contributed by atoms with Crippen molar-refractivity contribution < 1.29 is 14.3 Å². The summed E-state index contributed by atoms with van der Waals surface area (Å²) >= 11 is 0. The Morgan fingerprint density at radius 2 is 1.90 bits per heavy atom. The Hall–Kier alpha value is -3.67. The van der Waals surface area contributed by atoms with Gasteiger partial charge in [-0.15, -0.1) is 0 Å². The van der Waals surface area contributed by atoms with Crippen molar-refractivity contribution in [2.45, 2.75) is 13.0 Å². The highest BCUT2D eigenvalue weighted by Gasteiger charge is 2.26. The highest BCUT2D eigenvalue weighted by Crippen LogP contribution is 2.28. The normalized spacial score (nSPS) is 12.4. The summed E-state index contributed by atoms with van der Waals surface area (Å²) in [4.78, 5) is 31.5. The number of amides is 2. The Labute approximate surface area is 169 Å². The Morgan fingerprint density at radius 3 is 2.76 bits per heavy atom. The van der Waals surface area contributed by atoms with Gasteiger partial charge in [-0.1, -0.05) is 36.4 Å². The van der Waals surface area contributed by atoms with E-state index in [9.17, 15) is 9.59 Å². The van der Waals surface area contributed by atoms with E-state index in [0.29, 0.717) is 24.4 Å². The van der Waals surface area contributed by atoms with Crippen molar-refractivity contribution in [2.24, 2.45) is 0 Å². The average molecular weight is 387 g/mol. The van der Waals surface area contributed by atoms with Crippen LogP contribution in [0.1, 0.15) is 32.0 Å². The molecule has 146 valence electrons. The standard InChI is InChI=1S/C23H21N3O3/c1-29-21-9-5-3-7-18(21)15-25-22(27)17-10-12-24-19(14-17)23(28)26-13-11-16-6-2-4-8-20(16)26/h2-10,12,14H,11,13,15H2,1H3,(H,25,27). The molecule has 1 aliphatic rings. The molecule has 2 heterocycles. The molecule has 1 aromatic heterocycles. The number of anilines is 1. The van der Waals surface area contributed by atoms with E-state index >= 15 is 0 Å². The molecule has 0 unspecified atom stereocenters. The van der Waals surface area contributed by atoms with Crippen LogP contribution in [0.5, 0.6) is 5.75 Å². The van der Waals surface area contributed by atoms with Crippen LogP contribution >= 0.6 is 0 Å². The van der Waals surface area contributed by atoms with Crippen molar-refractivity contribution in [2.75, 3.05) is 18.6 Å². The average Bonchev–Trinajstić information content (AvgIpc) is 3.21. The first kappa shape index (κ1) is 18.7. The highest BCUT2D eigenvalue weighted by atomic mass is 16.5. The van der Waals surface area contributed by atoms with Gasteiger partial charge >= 0.3 is 0 Å². The summed E-state index contributed by atoms with van der Waals surface area (Å²) in [5.41, 5.74) is 3.58. The van der Waals surface area contributed by atoms with Crippen molar-refractivity contribution in [1.29, 1.82) is 0 Å². The monoisotopic (exact) mass is 387 g/mol. The quantitative estimate of drug-likeness (QED) is 0.730. The van der Waals surface area contributed by atoms with Crippen LogP contribution in [0.4, 0.5) is 5.69 Å². The largest absolute Gasteiger partial charge is 0.496 e. The first-order valence-corrected chi connectivity index (χ1v) is 9.43. The van der Waals surface area contributed by atoms with E-state index in [1.54, 1.807) is 24.1 Å². The molecule has 2 aromatic carbocycles. The van der Waals surface area contributed by atoms with E-state index in [2.05, 4.69) is 10.3 Å². The van der Waals surface area contributed by atoms with Crippen molar-refractivity contribution in [3.63, 3.8) is 0 Å². The van der Waals surface area contributed by atoms with E-state index in [-0.39, 0.29) is 17.5 Å². The Kier molecular flexibility index (Phi) is 5.24. The van der Waals surface area contributed by atoms with Gasteiger partial charge < -0.3 is 15.0 Å². The van der Waals surface area contributed by atoms with Crippen LogP contribution < -0.4 is 15.0 Å². The van der Waals surface area contributed by atoms with Gasteiger partial charge in [0, 0.05) is 36.1 Å². The molecule has 2 amide bonds. The van der Waals surface area contributed by atoms with Crippen LogP contribution in [-0.2, 0) is 13.0 Å². The lowest BCUT2D eigenvalue weighted by Gasteiger charge is -2.17. The van der Waals surface area contributed by atoms with Crippen molar-refractivity contribution in [3.05, 3.63) is 89.2 Å². The lowest BCUT2D eigenvalue weighted by molar-refractivity contribution is 0.0950. The molecule has 0 fully saturated rings. The van der Waals surface area contributed by atoms with E-state index in [1.807, 2.05) is 48.5 Å². The molecule has 3 aromatic rings. The minimum Gasteiger partial charge on any atom is -0.496 e. The predicted octanol–water partition coefficient (Wildman–Crippen LogP) is 3.22. The second-order valence-electron chi connectivity index (χ2n) is 6.76. The highest BCUT2D eigenvalue weighted by molar-refractivity contribution is 6.07. The van der Waals surface area contributed by atoms with E-state index in [1.165, 1.54) is 6.20 Å². The zero-order chi connectivity index (χ0) is 20.2. The van der Waals surface area contributed by atoms with Gasteiger partial charge in [-0.05, 0) is 36.2 Å². The number of rotatable bonds is 5. The molecule has 0 atom stereocenters. The number of hydrogen-bond acceptors (Lipinski definition) is 4. The molecule has 0 spiro atoms. The van der Waals surface area contributed by atoms with Gasteiger partial charge in [0.25, 0.3) is 11.8 Å². The van der Waals surface area contributed by atoms with Gasteiger partial charge in [0.1, 0.15) is 11.4 Å². The maximum absolute atomic E-state index is 13.0. The summed E-state index contributed by atoms with van der Waals surface area (Å²) in [6.07, 6.45) is 2.31. The molecule has 6 heteroatoms. The fourth-order valence-electron chi connectivity index (χ4n) is 3.50. The zero-order valence-corrected chi connectivity index (χ0v) is 16.1. The van der Waals surface area contributed by atoms with Gasteiger partial charge in [0.05, 0.1) is 7.11 Å². The number of fused-ring (bicyclic) bond motifs is 1. The summed E-state index contributed by atoms with van der Waals surface area (Å²) in [7, 11) is 1.60. The van der Waals surface area contributed by atoms with E-state index in [0.717, 1.165) is 23.2 Å². The molecule has 0 bridgehead atoms. The Bertz CT molecular complexity index is 1060. The predicted molar refractivity (Wildman–Crippen MR) is 110 cm³/mol. The van der Waals surface area contributed by atoms with Crippen LogP contribution in [0.2, 0.25) is 0 Å². The molecule has 1 N–H and O–H groups in total. The SMILES string of the molecule is COc1ccccc1CNC(=O)c1ccnc(C(=O)N2CCc3ccccc32)c1. The number of aromatic nitrogens is 1. The molecule has 0 saturated carbocycles. The van der Waals surface area contributed by atoms with Gasteiger partial charge in [-0.25, -0.2) is 0 Å². The van der Waals surface area contributed by atoms with Gasteiger partial charge in [0.2, 0.25) is 0 Å². The maximum atomic E-state index is 13.0. The molecule has 6 nitrogen and oxygen atoms in total. The minimum atomic E-state index is -0.269. The maximum Gasteiger partial charge on any atom is 0.276 e. The Morgan fingerprint density at radius 1 is 1.10 bits per heavy atom. The molecule has 0 aliphatic carbocycles. The van der Waals surface area contributed by atoms with Crippen molar-refractivity contribution in [1.82, 2.24) is 10.3 Å². The third kappa shape index (κ3) is 3.82. The summed E-state index contributed by atoms with van der Waals surface area (Å²) < 4.78 is 5.31. The summed E-state index contributed by atoms with van der Waals surface area (Å²) in [6.45, 7) is 0.942. The number of ether oxygens (including phenoxy) is 1. The molecular formula is C23H21N3O3. The van der Waals surface area contributed by atoms with E-state index in [4.69, 9.17) is 4.74 Å². The third-order valence-electron chi connectivity index (χ3n) is 5.01. The minimum absolute atomic E-state index is 0.200. The smallest absolute Gasteiger partial charge is 0.276 e. The second-order valence-corrected chi connectivity index (χ2v) is 6.76. The van der Waals surface area contributed by atoms with Crippen LogP contribution in [0, 0.1) is 0 Å². The van der Waals surface area contributed by atoms with Gasteiger partial charge in [-0.2, -0.15) is 0 Å². The number of nitrogens with zero attached hydrogens (tertiary/aromatic N) is 2. The lowest BCUT2D eigenvalue weighted by Crippen LogP contribution is -2.30. The number of benzene rings is 2. The first-order valence-electron chi connectivity index (χ1n) is 9.43. The fourth-order valence-corrected chi connectivity index (χ4v) is 3.50. The van der Waals surface area contributed by atoms with Crippen LogP contribution in [0.3, 0.4) is 0 Å². The fraction of sp³-hybridized carbons (Fsp3) is 0.174. The number of para-hydroxylation sites is 2. The molecule has 29 heavy (non-hydrogen) atoms. The third-order valence-corrected chi connectivity index (χ3v) is 5.01. The molecule has 1 aliphatic heterocycles. The molecule has 0 saturated heterocycles. The molecule has 0 radical (unpaired) electrons. The van der Waals surface area contributed by atoms with E-state index < -0.39 is 0 Å². The van der Waals surface area contributed by atoms with Crippen molar-refractivity contribution in [3.8, 4) is 5.75 Å². The zero-order valence-electron chi connectivity index (χ0n) is 16.1. The molecule has 4 rings (SSSR count). The lowest BCUT2D eigenvalue weighted by atomic mass is 10.1. The van der Waals surface area contributed by atoms with Crippen LogP contribution in [0.25, 0.3) is 0 Å². The van der Waals surface area contributed by atoms with Gasteiger partial charge in [-0.3, -0.25) is 14.6 Å². The van der Waals surface area contributed by atoms with Crippen LogP contribution in [-0.4, -0.2) is 30.5 Å². The number of nitrogens with one attached hydrogen (secondary N) is 1. The number of methoxy groups -OCH3 is 1. The summed E-state index contributed by atoms with van der Waals surface area (Å²) in [5, 5.41) is 2.87. The topological polar surface area (TPSA) is 71.5 Å². The second kappa shape index (κ2) is 8.14. The van der Waals surface area contributed by atoms with Crippen molar-refractivity contribution >= 4 is 17.5 Å².